The fraction of sp³-hybridized carbons (Fsp3) is 0. The predicted molar refractivity (Wildman–Crippen MR) is 137 cm³/mol. The van der Waals surface area contributed by atoms with Crippen LogP contribution in [0.15, 0.2) is 97.1 Å². The molecule has 0 aliphatic rings. The van der Waals surface area contributed by atoms with Gasteiger partial charge in [0.2, 0.25) is 0 Å². The second-order valence-electron chi connectivity index (χ2n) is 6.83. The van der Waals surface area contributed by atoms with Crippen LogP contribution in [0.1, 0.15) is 20.7 Å². The van der Waals surface area contributed by atoms with Gasteiger partial charge in [0.15, 0.2) is 0 Å². The van der Waals surface area contributed by atoms with Crippen molar-refractivity contribution >= 4 is 40.2 Å². The topological polar surface area (TPSA) is 119 Å². The van der Waals surface area contributed by atoms with Crippen molar-refractivity contribution in [2.45, 2.75) is 0 Å². The number of carbonyl (C=O) groups is 2. The molecular weight excluding hydrogens is 549 g/mol. The zero-order chi connectivity index (χ0) is 24.5. The van der Waals surface area contributed by atoms with Crippen LogP contribution in [0.3, 0.4) is 0 Å². The van der Waals surface area contributed by atoms with Gasteiger partial charge in [0.05, 0.1) is 11.1 Å². The Bertz CT molecular complexity index is 1180. The lowest BCUT2D eigenvalue weighted by Gasteiger charge is -2.07. The minimum atomic E-state index is -1.05. The molecule has 0 saturated heterocycles. The third-order valence-corrected chi connectivity index (χ3v) is 5.27. The highest BCUT2D eigenvalue weighted by molar-refractivity contribution is 14.1. The van der Waals surface area contributed by atoms with Crippen molar-refractivity contribution in [2.75, 3.05) is 5.73 Å². The van der Waals surface area contributed by atoms with Crippen molar-refractivity contribution in [1.82, 2.24) is 0 Å². The third kappa shape index (κ3) is 6.97. The second kappa shape index (κ2) is 11.7. The summed E-state index contributed by atoms with van der Waals surface area (Å²) in [6, 6.07) is 28.0. The number of benzene rings is 4. The molecule has 8 heteroatoms. The molecule has 0 bridgehead atoms. The summed E-state index contributed by atoms with van der Waals surface area (Å²) in [5.74, 6) is 0.570. The first-order valence-electron chi connectivity index (χ1n) is 9.95. The largest absolute Gasteiger partial charge is 0.478 e. The quantitative estimate of drug-likeness (QED) is 0.178. The average Bonchev–Trinajstić information content (AvgIpc) is 2.80. The number of hydrogen-bond donors (Lipinski definition) is 3. The summed E-state index contributed by atoms with van der Waals surface area (Å²) in [6.07, 6.45) is 0. The van der Waals surface area contributed by atoms with Crippen molar-refractivity contribution in [3.63, 3.8) is 0 Å². The minimum absolute atomic E-state index is 0.0745. The van der Waals surface area contributed by atoms with E-state index >= 15 is 0 Å². The Kier molecular flexibility index (Phi) is 8.47. The van der Waals surface area contributed by atoms with Gasteiger partial charge in [-0.15, -0.1) is 0 Å². The Labute approximate surface area is 209 Å². The van der Waals surface area contributed by atoms with Crippen LogP contribution in [-0.2, 0) is 0 Å². The Hall–Kier alpha value is -4.05. The summed E-state index contributed by atoms with van der Waals surface area (Å²) >= 11 is 1.98. The van der Waals surface area contributed by atoms with Gasteiger partial charge in [0.25, 0.3) is 0 Å². The molecule has 4 N–H and O–H groups in total. The van der Waals surface area contributed by atoms with Crippen LogP contribution >= 0.6 is 22.6 Å². The number of nitrogen functional groups attached to an aromatic ring is 1. The number of hydrogen-bond acceptors (Lipinski definition) is 5. The van der Waals surface area contributed by atoms with Gasteiger partial charge in [-0.05, 0) is 77.2 Å². The van der Waals surface area contributed by atoms with E-state index in [1.807, 2.05) is 71.1 Å². The third-order valence-electron chi connectivity index (χ3n) is 4.38. The molecule has 0 radical (unpaired) electrons. The van der Waals surface area contributed by atoms with Gasteiger partial charge in [-0.1, -0.05) is 36.4 Å². The molecular formula is C26H20INO6. The summed E-state index contributed by atoms with van der Waals surface area (Å²) in [5, 5.41) is 17.7. The van der Waals surface area contributed by atoms with Gasteiger partial charge in [-0.2, -0.15) is 0 Å². The minimum Gasteiger partial charge on any atom is -0.478 e. The molecule has 0 saturated carbocycles. The maximum atomic E-state index is 10.8. The number of para-hydroxylation sites is 2. The maximum absolute atomic E-state index is 10.8. The first kappa shape index (κ1) is 24.6. The number of nitrogens with two attached hydrogens (primary N) is 1. The average molecular weight is 569 g/mol. The van der Waals surface area contributed by atoms with Crippen LogP contribution in [-0.4, -0.2) is 22.2 Å². The lowest BCUT2D eigenvalue weighted by Crippen LogP contribution is -2.02. The molecule has 172 valence electrons. The summed E-state index contributed by atoms with van der Waals surface area (Å²) in [5.41, 5.74) is 6.16. The molecule has 0 aliphatic heterocycles. The zero-order valence-corrected chi connectivity index (χ0v) is 19.9. The van der Waals surface area contributed by atoms with Gasteiger partial charge >= 0.3 is 11.9 Å². The van der Waals surface area contributed by atoms with Crippen molar-refractivity contribution in [2.24, 2.45) is 0 Å². The van der Waals surface area contributed by atoms with Crippen molar-refractivity contribution in [3.05, 3.63) is 112 Å². The van der Waals surface area contributed by atoms with Gasteiger partial charge < -0.3 is 25.4 Å². The number of rotatable bonds is 6. The van der Waals surface area contributed by atoms with E-state index in [4.69, 9.17) is 25.4 Å². The molecule has 0 amide bonds. The van der Waals surface area contributed by atoms with E-state index in [1.165, 1.54) is 12.1 Å². The zero-order valence-electron chi connectivity index (χ0n) is 17.7. The highest BCUT2D eigenvalue weighted by atomic mass is 127. The molecule has 0 aromatic heterocycles. The molecule has 0 aliphatic carbocycles. The normalized spacial score (nSPS) is 9.91. The van der Waals surface area contributed by atoms with E-state index in [0.717, 1.165) is 5.75 Å². The summed E-state index contributed by atoms with van der Waals surface area (Å²) < 4.78 is 11.8. The van der Waals surface area contributed by atoms with Crippen molar-refractivity contribution in [3.8, 4) is 23.0 Å². The molecule has 0 heterocycles. The van der Waals surface area contributed by atoms with E-state index in [0.29, 0.717) is 20.8 Å². The van der Waals surface area contributed by atoms with Crippen LogP contribution in [0.2, 0.25) is 0 Å². The van der Waals surface area contributed by atoms with Crippen molar-refractivity contribution in [1.29, 1.82) is 0 Å². The Morgan fingerprint density at radius 3 is 1.47 bits per heavy atom. The van der Waals surface area contributed by atoms with Gasteiger partial charge in [-0.3, -0.25) is 0 Å². The van der Waals surface area contributed by atoms with Gasteiger partial charge in [-0.25, -0.2) is 9.59 Å². The fourth-order valence-electron chi connectivity index (χ4n) is 2.78. The molecule has 4 aromatic carbocycles. The lowest BCUT2D eigenvalue weighted by atomic mass is 10.2. The van der Waals surface area contributed by atoms with E-state index in [1.54, 1.807) is 36.4 Å². The van der Waals surface area contributed by atoms with Crippen LogP contribution in [0.4, 0.5) is 5.69 Å². The van der Waals surface area contributed by atoms with Crippen LogP contribution in [0.25, 0.3) is 0 Å². The second-order valence-corrected chi connectivity index (χ2v) is 7.99. The van der Waals surface area contributed by atoms with Gasteiger partial charge in [0.1, 0.15) is 23.0 Å². The maximum Gasteiger partial charge on any atom is 0.337 e. The SMILES string of the molecule is Nc1cc(Oc2ccccc2)ccc1C(=O)O.O=C(O)c1ccc(Oc2ccccc2)cc1I. The molecule has 7 nitrogen and oxygen atoms in total. The number of anilines is 1. The summed E-state index contributed by atoms with van der Waals surface area (Å²) in [4.78, 5) is 21.6. The van der Waals surface area contributed by atoms with Crippen LogP contribution in [0.5, 0.6) is 23.0 Å². The number of carboxylic acids is 2. The van der Waals surface area contributed by atoms with Crippen LogP contribution in [0, 0.1) is 3.57 Å². The van der Waals surface area contributed by atoms with Crippen LogP contribution < -0.4 is 15.2 Å². The lowest BCUT2D eigenvalue weighted by molar-refractivity contribution is 0.0686. The highest BCUT2D eigenvalue weighted by Gasteiger charge is 2.10. The molecule has 0 atom stereocenters. The number of aromatic carboxylic acids is 2. The Morgan fingerprint density at radius 2 is 1.06 bits per heavy atom. The molecule has 0 fully saturated rings. The van der Waals surface area contributed by atoms with Crippen molar-refractivity contribution < 1.29 is 29.3 Å². The Balaban J connectivity index is 0.000000191. The number of carboxylic acid groups (broad SMARTS) is 2. The first-order valence-corrected chi connectivity index (χ1v) is 11.0. The summed E-state index contributed by atoms with van der Waals surface area (Å²) in [7, 11) is 0. The van der Waals surface area contributed by atoms with Gasteiger partial charge in [0, 0.05) is 15.3 Å². The van der Waals surface area contributed by atoms with E-state index in [-0.39, 0.29) is 16.8 Å². The predicted octanol–water partition coefficient (Wildman–Crippen LogP) is 6.54. The van der Waals surface area contributed by atoms with E-state index in [2.05, 4.69) is 0 Å². The smallest absolute Gasteiger partial charge is 0.337 e. The standard InChI is InChI=1S/C13H9IO3.C13H11NO3/c2*14-12-8-10(6-7-11(12)13(15)16)17-9-4-2-1-3-5-9/h1-8H,(H,15,16);1-8H,14H2,(H,15,16). The Morgan fingerprint density at radius 1 is 0.618 bits per heavy atom. The molecule has 4 aromatic rings. The monoisotopic (exact) mass is 569 g/mol. The molecule has 34 heavy (non-hydrogen) atoms. The summed E-state index contributed by atoms with van der Waals surface area (Å²) in [6.45, 7) is 0. The number of halogens is 1. The number of ether oxygens (including phenoxy) is 2. The molecule has 4 rings (SSSR count). The molecule has 0 spiro atoms. The van der Waals surface area contributed by atoms with E-state index in [9.17, 15) is 9.59 Å². The molecule has 0 unspecified atom stereocenters. The highest BCUT2D eigenvalue weighted by Crippen LogP contribution is 2.26. The fourth-order valence-corrected chi connectivity index (χ4v) is 3.50. The van der Waals surface area contributed by atoms with E-state index < -0.39 is 11.9 Å². The first-order chi connectivity index (χ1) is 16.3.